The number of benzene rings is 1. The molecule has 0 aliphatic heterocycles. The van der Waals surface area contributed by atoms with Gasteiger partial charge in [0.1, 0.15) is 6.33 Å². The van der Waals surface area contributed by atoms with Gasteiger partial charge in [-0.15, -0.1) is 0 Å². The Morgan fingerprint density at radius 2 is 2.07 bits per heavy atom. The molecule has 0 aliphatic carbocycles. The molecule has 0 bridgehead atoms. The van der Waals surface area contributed by atoms with Crippen molar-refractivity contribution in [2.45, 2.75) is 23.0 Å². The van der Waals surface area contributed by atoms with E-state index in [1.165, 1.54) is 6.33 Å². The predicted molar refractivity (Wildman–Crippen MR) is 59.6 cm³/mol. The molecule has 2 aromatic rings. The molecule has 0 fully saturated rings. The smallest absolute Gasteiger partial charge is 0.188 e. The van der Waals surface area contributed by atoms with Gasteiger partial charge in [0.25, 0.3) is 0 Å². The molecule has 78 valence electrons. The van der Waals surface area contributed by atoms with Crippen LogP contribution in [0, 0.1) is 0 Å². The number of hydrogen-bond acceptors (Lipinski definition) is 4. The van der Waals surface area contributed by atoms with Crippen LogP contribution in [0.15, 0.2) is 40.6 Å². The van der Waals surface area contributed by atoms with Gasteiger partial charge in [0.15, 0.2) is 5.16 Å². The van der Waals surface area contributed by atoms with Crippen LogP contribution >= 0.6 is 11.8 Å². The van der Waals surface area contributed by atoms with Crippen molar-refractivity contribution >= 4 is 11.8 Å². The molecule has 0 spiro atoms. The Balaban J connectivity index is 2.11. The SMILES string of the molecule is C[C@H](N)c1ccc(Sc2ncn[nH]2)cc1. The first-order chi connectivity index (χ1) is 7.25. The van der Waals surface area contributed by atoms with Crippen LogP contribution in [0.25, 0.3) is 0 Å². The molecule has 1 atom stereocenters. The maximum absolute atomic E-state index is 5.76. The summed E-state index contributed by atoms with van der Waals surface area (Å²) in [5.41, 5.74) is 6.90. The molecule has 0 saturated heterocycles. The minimum atomic E-state index is 0.0781. The lowest BCUT2D eigenvalue weighted by molar-refractivity contribution is 0.817. The third kappa shape index (κ3) is 2.57. The van der Waals surface area contributed by atoms with Gasteiger partial charge >= 0.3 is 0 Å². The standard InChI is InChI=1S/C10H12N4S/c1-7(11)8-2-4-9(5-3-8)15-10-12-6-13-14-10/h2-7H,11H2,1H3,(H,12,13,14)/t7-/m0/s1. The molecule has 3 N–H and O–H groups in total. The number of H-pyrrole nitrogens is 1. The van der Waals surface area contributed by atoms with Crippen molar-refractivity contribution in [3.63, 3.8) is 0 Å². The molecule has 15 heavy (non-hydrogen) atoms. The molecule has 0 radical (unpaired) electrons. The summed E-state index contributed by atoms with van der Waals surface area (Å²) in [6.45, 7) is 1.97. The van der Waals surface area contributed by atoms with Gasteiger partial charge in [0.05, 0.1) is 0 Å². The normalized spacial score (nSPS) is 12.7. The largest absolute Gasteiger partial charge is 0.324 e. The highest BCUT2D eigenvalue weighted by Gasteiger charge is 2.01. The van der Waals surface area contributed by atoms with Crippen LogP contribution < -0.4 is 5.73 Å². The minimum absolute atomic E-state index is 0.0781. The van der Waals surface area contributed by atoms with Crippen molar-refractivity contribution in [1.29, 1.82) is 0 Å². The van der Waals surface area contributed by atoms with Crippen molar-refractivity contribution in [2.24, 2.45) is 5.73 Å². The average molecular weight is 220 g/mol. The third-order valence-electron chi connectivity index (χ3n) is 2.01. The fraction of sp³-hybridized carbons (Fsp3) is 0.200. The first-order valence-corrected chi connectivity index (χ1v) is 5.46. The number of nitrogens with one attached hydrogen (secondary N) is 1. The van der Waals surface area contributed by atoms with E-state index in [-0.39, 0.29) is 6.04 Å². The van der Waals surface area contributed by atoms with E-state index in [1.807, 2.05) is 31.2 Å². The van der Waals surface area contributed by atoms with Crippen molar-refractivity contribution in [1.82, 2.24) is 15.2 Å². The zero-order chi connectivity index (χ0) is 10.7. The van der Waals surface area contributed by atoms with Crippen LogP contribution in [0.2, 0.25) is 0 Å². The third-order valence-corrected chi connectivity index (χ3v) is 2.91. The highest BCUT2D eigenvalue weighted by Crippen LogP contribution is 2.24. The van der Waals surface area contributed by atoms with E-state index in [1.54, 1.807) is 11.8 Å². The van der Waals surface area contributed by atoms with Crippen LogP contribution in [0.1, 0.15) is 18.5 Å². The van der Waals surface area contributed by atoms with E-state index in [9.17, 15) is 0 Å². The summed E-state index contributed by atoms with van der Waals surface area (Å²) in [5.74, 6) is 0. The van der Waals surface area contributed by atoms with Gasteiger partial charge in [0.2, 0.25) is 0 Å². The predicted octanol–water partition coefficient (Wildman–Crippen LogP) is 1.98. The van der Waals surface area contributed by atoms with Crippen LogP contribution in [-0.4, -0.2) is 15.2 Å². The van der Waals surface area contributed by atoms with Crippen LogP contribution in [0.4, 0.5) is 0 Å². The van der Waals surface area contributed by atoms with Gasteiger partial charge in [-0.2, -0.15) is 5.10 Å². The quantitative estimate of drug-likeness (QED) is 0.830. The van der Waals surface area contributed by atoms with Crippen molar-refractivity contribution in [3.05, 3.63) is 36.2 Å². The molecule has 0 unspecified atom stereocenters. The molecule has 1 heterocycles. The first kappa shape index (κ1) is 10.2. The van der Waals surface area contributed by atoms with Crippen molar-refractivity contribution in [3.8, 4) is 0 Å². The number of rotatable bonds is 3. The Morgan fingerprint density at radius 1 is 1.33 bits per heavy atom. The molecule has 0 saturated carbocycles. The van der Waals surface area contributed by atoms with Crippen molar-refractivity contribution in [2.75, 3.05) is 0 Å². The van der Waals surface area contributed by atoms with E-state index < -0.39 is 0 Å². The Labute approximate surface area is 92.3 Å². The topological polar surface area (TPSA) is 67.6 Å². The first-order valence-electron chi connectivity index (χ1n) is 4.64. The zero-order valence-corrected chi connectivity index (χ0v) is 9.16. The van der Waals surface area contributed by atoms with Gasteiger partial charge in [0, 0.05) is 10.9 Å². The summed E-state index contributed by atoms with van der Waals surface area (Å²) in [5, 5.41) is 7.38. The molecular formula is C10H12N4S. The summed E-state index contributed by atoms with van der Waals surface area (Å²) in [6, 6.07) is 8.21. The molecule has 0 aliphatic rings. The van der Waals surface area contributed by atoms with Crippen LogP contribution in [0.5, 0.6) is 0 Å². The highest BCUT2D eigenvalue weighted by atomic mass is 32.2. The van der Waals surface area contributed by atoms with E-state index in [2.05, 4.69) is 15.2 Å². The second-order valence-electron chi connectivity index (χ2n) is 3.25. The Kier molecular flexibility index (Phi) is 3.03. The number of aromatic amines is 1. The molecule has 1 aromatic heterocycles. The maximum atomic E-state index is 5.76. The monoisotopic (exact) mass is 220 g/mol. The van der Waals surface area contributed by atoms with E-state index in [4.69, 9.17) is 5.73 Å². The number of nitrogens with zero attached hydrogens (tertiary/aromatic N) is 2. The maximum Gasteiger partial charge on any atom is 0.188 e. The van der Waals surface area contributed by atoms with E-state index in [0.717, 1.165) is 15.6 Å². The summed E-state index contributed by atoms with van der Waals surface area (Å²) in [7, 11) is 0. The molecule has 1 aromatic carbocycles. The fourth-order valence-electron chi connectivity index (χ4n) is 1.19. The van der Waals surface area contributed by atoms with Gasteiger partial charge in [-0.1, -0.05) is 23.9 Å². The lowest BCUT2D eigenvalue weighted by atomic mass is 10.1. The molecule has 4 nitrogen and oxygen atoms in total. The number of hydrogen-bond donors (Lipinski definition) is 2. The van der Waals surface area contributed by atoms with Gasteiger partial charge in [-0.3, -0.25) is 5.10 Å². The molecular weight excluding hydrogens is 208 g/mol. The number of aromatic nitrogens is 3. The Hall–Kier alpha value is -1.33. The second kappa shape index (κ2) is 4.46. The Bertz CT molecular complexity index is 407. The van der Waals surface area contributed by atoms with E-state index in [0.29, 0.717) is 0 Å². The van der Waals surface area contributed by atoms with Crippen molar-refractivity contribution < 1.29 is 0 Å². The average Bonchev–Trinajstić information content (AvgIpc) is 2.71. The minimum Gasteiger partial charge on any atom is -0.324 e. The fourth-order valence-corrected chi connectivity index (χ4v) is 1.89. The van der Waals surface area contributed by atoms with Crippen LogP contribution in [0.3, 0.4) is 0 Å². The summed E-state index contributed by atoms with van der Waals surface area (Å²) < 4.78 is 0. The lowest BCUT2D eigenvalue weighted by Gasteiger charge is -2.05. The van der Waals surface area contributed by atoms with Gasteiger partial charge in [-0.05, 0) is 24.6 Å². The van der Waals surface area contributed by atoms with Crippen LogP contribution in [-0.2, 0) is 0 Å². The summed E-state index contributed by atoms with van der Waals surface area (Å²) >= 11 is 1.54. The van der Waals surface area contributed by atoms with Gasteiger partial charge in [-0.25, -0.2) is 4.98 Å². The van der Waals surface area contributed by atoms with Gasteiger partial charge < -0.3 is 5.73 Å². The Morgan fingerprint density at radius 3 is 2.60 bits per heavy atom. The molecule has 5 heteroatoms. The lowest BCUT2D eigenvalue weighted by Crippen LogP contribution is -2.04. The summed E-state index contributed by atoms with van der Waals surface area (Å²) in [6.07, 6.45) is 1.50. The zero-order valence-electron chi connectivity index (χ0n) is 8.34. The molecule has 0 amide bonds. The number of nitrogens with two attached hydrogens (primary N) is 1. The second-order valence-corrected chi connectivity index (χ2v) is 4.31. The molecule has 2 rings (SSSR count). The highest BCUT2D eigenvalue weighted by molar-refractivity contribution is 7.99. The van der Waals surface area contributed by atoms with E-state index >= 15 is 0 Å². The summed E-state index contributed by atoms with van der Waals surface area (Å²) in [4.78, 5) is 5.16.